The molecule has 4 rings (SSSR count). The van der Waals surface area contributed by atoms with Crippen molar-refractivity contribution >= 4 is 35.0 Å². The van der Waals surface area contributed by atoms with Gasteiger partial charge in [0.2, 0.25) is 5.91 Å². The Balaban J connectivity index is 0.00000225. The summed E-state index contributed by atoms with van der Waals surface area (Å²) in [4.78, 5) is 27.4. The smallest absolute Gasteiger partial charge is 0.251 e. The van der Waals surface area contributed by atoms with Gasteiger partial charge < -0.3 is 15.5 Å². The number of likely N-dealkylation sites (tertiary alicyclic amines) is 1. The van der Waals surface area contributed by atoms with Crippen LogP contribution in [0.25, 0.3) is 10.8 Å². The third-order valence-corrected chi connectivity index (χ3v) is 5.99. The lowest BCUT2D eigenvalue weighted by molar-refractivity contribution is -0.138. The molecular formula is C22H28ClN3O2. The zero-order chi connectivity index (χ0) is 18.8. The summed E-state index contributed by atoms with van der Waals surface area (Å²) in [6.45, 7) is 5.31. The molecule has 2 aliphatic rings. The molecule has 0 bridgehead atoms. The van der Waals surface area contributed by atoms with E-state index in [1.165, 1.54) is 0 Å². The Kier molecular flexibility index (Phi) is 6.57. The summed E-state index contributed by atoms with van der Waals surface area (Å²) in [6, 6.07) is 13.8. The van der Waals surface area contributed by atoms with E-state index in [0.717, 1.165) is 43.2 Å². The van der Waals surface area contributed by atoms with Crippen LogP contribution in [0.5, 0.6) is 0 Å². The number of carbonyl (C=O) groups is 2. The summed E-state index contributed by atoms with van der Waals surface area (Å²) in [5, 5.41) is 8.56. The quantitative estimate of drug-likeness (QED) is 0.828. The molecule has 0 radical (unpaired) electrons. The van der Waals surface area contributed by atoms with E-state index < -0.39 is 0 Å². The summed E-state index contributed by atoms with van der Waals surface area (Å²) in [5.74, 6) is 0.675. The van der Waals surface area contributed by atoms with Gasteiger partial charge in [-0.2, -0.15) is 0 Å². The fourth-order valence-corrected chi connectivity index (χ4v) is 4.05. The highest BCUT2D eigenvalue weighted by Crippen LogP contribution is 2.21. The van der Waals surface area contributed by atoms with E-state index in [0.29, 0.717) is 18.0 Å². The van der Waals surface area contributed by atoms with Gasteiger partial charge in [0.25, 0.3) is 5.91 Å². The highest BCUT2D eigenvalue weighted by atomic mass is 35.5. The molecule has 0 aliphatic carbocycles. The van der Waals surface area contributed by atoms with Crippen molar-refractivity contribution in [2.24, 2.45) is 11.8 Å². The van der Waals surface area contributed by atoms with Gasteiger partial charge in [-0.05, 0) is 54.8 Å². The molecule has 2 heterocycles. The third-order valence-electron chi connectivity index (χ3n) is 5.99. The number of piperidine rings is 1. The lowest BCUT2D eigenvalue weighted by atomic mass is 9.87. The minimum atomic E-state index is -0.0590. The molecule has 2 aliphatic heterocycles. The molecule has 2 aromatic carbocycles. The monoisotopic (exact) mass is 401 g/mol. The topological polar surface area (TPSA) is 61.4 Å². The second-order valence-corrected chi connectivity index (χ2v) is 7.87. The van der Waals surface area contributed by atoms with Crippen molar-refractivity contribution in [1.82, 2.24) is 15.5 Å². The SMILES string of the molecule is CC(C(=O)N1CCCC(NC(=O)c2ccc3ccccc3c2)C1)C1CNC1.Cl. The maximum atomic E-state index is 12.8. The van der Waals surface area contributed by atoms with Crippen molar-refractivity contribution in [1.29, 1.82) is 0 Å². The van der Waals surface area contributed by atoms with E-state index in [2.05, 4.69) is 10.6 Å². The molecule has 2 N–H and O–H groups in total. The molecule has 2 aromatic rings. The van der Waals surface area contributed by atoms with Gasteiger partial charge >= 0.3 is 0 Å². The largest absolute Gasteiger partial charge is 0.348 e. The van der Waals surface area contributed by atoms with E-state index in [1.807, 2.05) is 54.3 Å². The van der Waals surface area contributed by atoms with E-state index in [4.69, 9.17) is 0 Å². The van der Waals surface area contributed by atoms with Crippen LogP contribution in [-0.2, 0) is 4.79 Å². The number of nitrogens with zero attached hydrogens (tertiary/aromatic N) is 1. The molecule has 0 saturated carbocycles. The highest BCUT2D eigenvalue weighted by Gasteiger charge is 2.33. The number of hydrogen-bond acceptors (Lipinski definition) is 3. The standard InChI is InChI=1S/C22H27N3O2.ClH/c1-15(19-12-23-13-19)22(27)25-10-4-7-20(14-25)24-21(26)18-9-8-16-5-2-3-6-17(16)11-18;/h2-3,5-6,8-9,11,15,19-20,23H,4,7,10,12-14H2,1H3,(H,24,26);1H. The predicted octanol–water partition coefficient (Wildman–Crippen LogP) is 2.84. The molecular weight excluding hydrogens is 374 g/mol. The zero-order valence-corrected chi connectivity index (χ0v) is 17.0. The number of fused-ring (bicyclic) bond motifs is 1. The van der Waals surface area contributed by atoms with Gasteiger partial charge in [-0.3, -0.25) is 9.59 Å². The molecule has 2 amide bonds. The van der Waals surface area contributed by atoms with Crippen LogP contribution in [-0.4, -0.2) is 48.9 Å². The predicted molar refractivity (Wildman–Crippen MR) is 114 cm³/mol. The van der Waals surface area contributed by atoms with Crippen LogP contribution in [0, 0.1) is 11.8 Å². The Morgan fingerprint density at radius 2 is 1.89 bits per heavy atom. The average molecular weight is 402 g/mol. The molecule has 2 saturated heterocycles. The van der Waals surface area contributed by atoms with E-state index in [9.17, 15) is 9.59 Å². The fourth-order valence-electron chi connectivity index (χ4n) is 4.05. The lowest BCUT2D eigenvalue weighted by Gasteiger charge is -2.38. The molecule has 0 spiro atoms. The first-order valence-corrected chi connectivity index (χ1v) is 9.91. The maximum Gasteiger partial charge on any atom is 0.251 e. The molecule has 2 unspecified atom stereocenters. The molecule has 5 nitrogen and oxygen atoms in total. The molecule has 0 aromatic heterocycles. The Labute approximate surface area is 172 Å². The van der Waals surface area contributed by atoms with Crippen molar-refractivity contribution in [3.63, 3.8) is 0 Å². The Hall–Kier alpha value is -2.11. The van der Waals surface area contributed by atoms with Crippen molar-refractivity contribution in [2.45, 2.75) is 25.8 Å². The average Bonchev–Trinajstić information content (AvgIpc) is 2.65. The zero-order valence-electron chi connectivity index (χ0n) is 16.2. The van der Waals surface area contributed by atoms with Crippen LogP contribution in [0.15, 0.2) is 42.5 Å². The van der Waals surface area contributed by atoms with Gasteiger partial charge in [-0.15, -0.1) is 12.4 Å². The Morgan fingerprint density at radius 3 is 2.61 bits per heavy atom. The lowest BCUT2D eigenvalue weighted by Crippen LogP contribution is -2.54. The Bertz CT molecular complexity index is 853. The first kappa shape index (κ1) is 20.6. The highest BCUT2D eigenvalue weighted by molar-refractivity contribution is 5.98. The van der Waals surface area contributed by atoms with Gasteiger partial charge in [0.15, 0.2) is 0 Å². The number of benzene rings is 2. The second kappa shape index (κ2) is 8.93. The van der Waals surface area contributed by atoms with Crippen molar-refractivity contribution < 1.29 is 9.59 Å². The summed E-state index contributed by atoms with van der Waals surface area (Å²) >= 11 is 0. The van der Waals surface area contributed by atoms with Crippen molar-refractivity contribution in [2.75, 3.05) is 26.2 Å². The molecule has 2 fully saturated rings. The van der Waals surface area contributed by atoms with E-state index in [-0.39, 0.29) is 36.2 Å². The number of amides is 2. The fraction of sp³-hybridized carbons (Fsp3) is 0.455. The van der Waals surface area contributed by atoms with E-state index >= 15 is 0 Å². The number of halogens is 1. The number of nitrogens with one attached hydrogen (secondary N) is 2. The minimum Gasteiger partial charge on any atom is -0.348 e. The van der Waals surface area contributed by atoms with Crippen molar-refractivity contribution in [3.8, 4) is 0 Å². The number of carbonyl (C=O) groups excluding carboxylic acids is 2. The summed E-state index contributed by atoms with van der Waals surface area (Å²) < 4.78 is 0. The summed E-state index contributed by atoms with van der Waals surface area (Å²) in [7, 11) is 0. The van der Waals surface area contributed by atoms with Gasteiger partial charge in [0, 0.05) is 30.6 Å². The first-order valence-electron chi connectivity index (χ1n) is 9.91. The van der Waals surface area contributed by atoms with Gasteiger partial charge in [0.1, 0.15) is 0 Å². The van der Waals surface area contributed by atoms with Crippen LogP contribution in [0.2, 0.25) is 0 Å². The van der Waals surface area contributed by atoms with Gasteiger partial charge in [0.05, 0.1) is 0 Å². The van der Waals surface area contributed by atoms with Gasteiger partial charge in [-0.25, -0.2) is 0 Å². The van der Waals surface area contributed by atoms with Crippen LogP contribution in [0.3, 0.4) is 0 Å². The summed E-state index contributed by atoms with van der Waals surface area (Å²) in [6.07, 6.45) is 1.85. The second-order valence-electron chi connectivity index (χ2n) is 7.87. The van der Waals surface area contributed by atoms with E-state index in [1.54, 1.807) is 0 Å². The van der Waals surface area contributed by atoms with Gasteiger partial charge in [-0.1, -0.05) is 37.3 Å². The maximum absolute atomic E-state index is 12.8. The third kappa shape index (κ3) is 4.31. The number of hydrogen-bond donors (Lipinski definition) is 2. The van der Waals surface area contributed by atoms with Crippen LogP contribution in [0.1, 0.15) is 30.1 Å². The van der Waals surface area contributed by atoms with Crippen LogP contribution < -0.4 is 10.6 Å². The minimum absolute atomic E-state index is 0. The van der Waals surface area contributed by atoms with Crippen molar-refractivity contribution in [3.05, 3.63) is 48.0 Å². The van der Waals surface area contributed by atoms with Crippen LogP contribution in [0.4, 0.5) is 0 Å². The summed E-state index contributed by atoms with van der Waals surface area (Å²) in [5.41, 5.74) is 0.672. The normalized spacial score (nSPS) is 20.8. The molecule has 6 heteroatoms. The van der Waals surface area contributed by atoms with Crippen LogP contribution >= 0.6 is 12.4 Å². The Morgan fingerprint density at radius 1 is 1.14 bits per heavy atom. The molecule has 150 valence electrons. The number of rotatable bonds is 4. The molecule has 2 atom stereocenters. The molecule has 28 heavy (non-hydrogen) atoms. The first-order chi connectivity index (χ1) is 13.1.